The van der Waals surface area contributed by atoms with Crippen LogP contribution in [-0.4, -0.2) is 4.98 Å². The molecule has 2 aromatic rings. The summed E-state index contributed by atoms with van der Waals surface area (Å²) in [4.78, 5) is 5.50. The number of nitrogens with zero attached hydrogens (tertiary/aromatic N) is 1. The van der Waals surface area contributed by atoms with Crippen LogP contribution >= 0.6 is 11.3 Å². The Morgan fingerprint density at radius 3 is 2.88 bits per heavy atom. The van der Waals surface area contributed by atoms with Crippen molar-refractivity contribution in [3.63, 3.8) is 0 Å². The van der Waals surface area contributed by atoms with Crippen molar-refractivity contribution in [2.45, 2.75) is 39.8 Å². The molecule has 92 valence electrons. The molecule has 2 aromatic heterocycles. The summed E-state index contributed by atoms with van der Waals surface area (Å²) in [6.07, 6.45) is 2.88. The van der Waals surface area contributed by atoms with Gasteiger partial charge in [0.15, 0.2) is 0 Å². The molecule has 4 heteroatoms. The van der Waals surface area contributed by atoms with E-state index in [4.69, 9.17) is 4.42 Å². The molecule has 0 saturated carbocycles. The molecular weight excluding hydrogens is 232 g/mol. The molecule has 1 atom stereocenters. The van der Waals surface area contributed by atoms with Gasteiger partial charge in [0, 0.05) is 24.0 Å². The van der Waals surface area contributed by atoms with E-state index in [1.54, 1.807) is 11.3 Å². The highest BCUT2D eigenvalue weighted by atomic mass is 32.1. The van der Waals surface area contributed by atoms with E-state index < -0.39 is 0 Å². The lowest BCUT2D eigenvalue weighted by Crippen LogP contribution is -2.16. The van der Waals surface area contributed by atoms with Crippen molar-refractivity contribution in [3.8, 4) is 0 Å². The number of aromatic nitrogens is 1. The van der Waals surface area contributed by atoms with Crippen LogP contribution < -0.4 is 5.32 Å². The van der Waals surface area contributed by atoms with Gasteiger partial charge >= 0.3 is 0 Å². The monoisotopic (exact) mass is 250 g/mol. The van der Waals surface area contributed by atoms with Crippen molar-refractivity contribution in [2.24, 2.45) is 0 Å². The summed E-state index contributed by atoms with van der Waals surface area (Å²) in [6.45, 7) is 7.08. The predicted octanol–water partition coefficient (Wildman–Crippen LogP) is 3.46. The highest BCUT2D eigenvalue weighted by molar-refractivity contribution is 7.11. The van der Waals surface area contributed by atoms with Crippen LogP contribution in [0.3, 0.4) is 0 Å². The fraction of sp³-hybridized carbons (Fsp3) is 0.462. The maximum absolute atomic E-state index is 5.71. The Kier molecular flexibility index (Phi) is 3.97. The van der Waals surface area contributed by atoms with Crippen LogP contribution in [0.1, 0.15) is 41.3 Å². The van der Waals surface area contributed by atoms with Gasteiger partial charge in [0.2, 0.25) is 0 Å². The SMILES string of the molecule is CCc1ccc([C@H](C)NCc2cnc(C)s2)o1. The van der Waals surface area contributed by atoms with Gasteiger partial charge in [-0.05, 0) is 26.0 Å². The Morgan fingerprint density at radius 2 is 2.29 bits per heavy atom. The van der Waals surface area contributed by atoms with E-state index in [0.29, 0.717) is 0 Å². The van der Waals surface area contributed by atoms with Crippen LogP contribution in [0.2, 0.25) is 0 Å². The zero-order valence-corrected chi connectivity index (χ0v) is 11.3. The third-order valence-electron chi connectivity index (χ3n) is 2.71. The van der Waals surface area contributed by atoms with Gasteiger partial charge in [-0.15, -0.1) is 11.3 Å². The average Bonchev–Trinajstić information content (AvgIpc) is 2.94. The number of hydrogen-bond donors (Lipinski definition) is 1. The van der Waals surface area contributed by atoms with Crippen molar-refractivity contribution in [3.05, 3.63) is 39.7 Å². The maximum Gasteiger partial charge on any atom is 0.120 e. The van der Waals surface area contributed by atoms with Crippen LogP contribution in [0.4, 0.5) is 0 Å². The van der Waals surface area contributed by atoms with Crippen LogP contribution in [0.25, 0.3) is 0 Å². The summed E-state index contributed by atoms with van der Waals surface area (Å²) >= 11 is 1.73. The molecular formula is C13H18N2OS. The number of rotatable bonds is 5. The minimum atomic E-state index is 0.234. The highest BCUT2D eigenvalue weighted by Crippen LogP contribution is 2.18. The van der Waals surface area contributed by atoms with Gasteiger partial charge in [0.05, 0.1) is 11.0 Å². The number of nitrogens with one attached hydrogen (secondary N) is 1. The second kappa shape index (κ2) is 5.47. The molecule has 0 spiro atoms. The second-order valence-corrected chi connectivity index (χ2v) is 5.43. The molecule has 2 rings (SSSR count). The first kappa shape index (κ1) is 12.3. The predicted molar refractivity (Wildman–Crippen MR) is 70.2 cm³/mol. The zero-order valence-electron chi connectivity index (χ0n) is 10.5. The van der Waals surface area contributed by atoms with Gasteiger partial charge in [0.1, 0.15) is 11.5 Å². The fourth-order valence-electron chi connectivity index (χ4n) is 1.66. The Labute approximate surface area is 106 Å². The van der Waals surface area contributed by atoms with E-state index in [1.165, 1.54) is 4.88 Å². The van der Waals surface area contributed by atoms with Gasteiger partial charge < -0.3 is 9.73 Å². The molecule has 0 radical (unpaired) electrons. The van der Waals surface area contributed by atoms with Crippen LogP contribution in [0, 0.1) is 6.92 Å². The largest absolute Gasteiger partial charge is 0.464 e. The lowest BCUT2D eigenvalue weighted by Gasteiger charge is -2.09. The quantitative estimate of drug-likeness (QED) is 0.883. The van der Waals surface area contributed by atoms with Gasteiger partial charge in [-0.1, -0.05) is 6.92 Å². The van der Waals surface area contributed by atoms with E-state index in [2.05, 4.69) is 30.2 Å². The molecule has 0 saturated heterocycles. The van der Waals surface area contributed by atoms with E-state index in [1.807, 2.05) is 19.2 Å². The van der Waals surface area contributed by atoms with Gasteiger partial charge in [0.25, 0.3) is 0 Å². The number of aryl methyl sites for hydroxylation is 2. The van der Waals surface area contributed by atoms with Crippen LogP contribution in [0.15, 0.2) is 22.7 Å². The van der Waals surface area contributed by atoms with E-state index in [-0.39, 0.29) is 6.04 Å². The standard InChI is InChI=1S/C13H18N2OS/c1-4-11-5-6-13(16-11)9(2)14-7-12-8-15-10(3)17-12/h5-6,8-9,14H,4,7H2,1-3H3/t9-/m0/s1. The minimum absolute atomic E-state index is 0.234. The third-order valence-corrected chi connectivity index (χ3v) is 3.62. The topological polar surface area (TPSA) is 38.1 Å². The minimum Gasteiger partial charge on any atom is -0.464 e. The Hall–Kier alpha value is -1.13. The van der Waals surface area contributed by atoms with Crippen LogP contribution in [-0.2, 0) is 13.0 Å². The van der Waals surface area contributed by atoms with Gasteiger partial charge in [-0.25, -0.2) is 4.98 Å². The molecule has 3 nitrogen and oxygen atoms in total. The molecule has 17 heavy (non-hydrogen) atoms. The zero-order chi connectivity index (χ0) is 12.3. The first-order valence-electron chi connectivity index (χ1n) is 5.92. The van der Waals surface area contributed by atoms with E-state index in [0.717, 1.165) is 29.5 Å². The van der Waals surface area contributed by atoms with Gasteiger partial charge in [-0.2, -0.15) is 0 Å². The normalized spacial score (nSPS) is 12.9. The summed E-state index contributed by atoms with van der Waals surface area (Å²) in [6, 6.07) is 4.33. The second-order valence-electron chi connectivity index (χ2n) is 4.11. The summed E-state index contributed by atoms with van der Waals surface area (Å²) in [5.41, 5.74) is 0. The Morgan fingerprint density at radius 1 is 1.47 bits per heavy atom. The van der Waals surface area contributed by atoms with Crippen molar-refractivity contribution in [1.82, 2.24) is 10.3 Å². The number of thiazole rings is 1. The summed E-state index contributed by atoms with van der Waals surface area (Å²) in [5.74, 6) is 2.05. The summed E-state index contributed by atoms with van der Waals surface area (Å²) in [7, 11) is 0. The number of furan rings is 1. The lowest BCUT2D eigenvalue weighted by molar-refractivity contribution is 0.409. The summed E-state index contributed by atoms with van der Waals surface area (Å²) < 4.78 is 5.71. The molecule has 0 aromatic carbocycles. The molecule has 0 amide bonds. The Bertz CT molecular complexity index is 475. The molecule has 2 heterocycles. The summed E-state index contributed by atoms with van der Waals surface area (Å²) in [5, 5.41) is 4.55. The molecule has 0 bridgehead atoms. The first-order valence-corrected chi connectivity index (χ1v) is 6.74. The molecule has 0 aliphatic rings. The maximum atomic E-state index is 5.71. The third kappa shape index (κ3) is 3.17. The van der Waals surface area contributed by atoms with E-state index in [9.17, 15) is 0 Å². The van der Waals surface area contributed by atoms with Crippen molar-refractivity contribution in [2.75, 3.05) is 0 Å². The van der Waals surface area contributed by atoms with Crippen molar-refractivity contribution < 1.29 is 4.42 Å². The molecule has 0 fully saturated rings. The fourth-order valence-corrected chi connectivity index (χ4v) is 2.40. The van der Waals surface area contributed by atoms with Crippen molar-refractivity contribution >= 4 is 11.3 Å². The highest BCUT2D eigenvalue weighted by Gasteiger charge is 2.10. The van der Waals surface area contributed by atoms with Gasteiger partial charge in [-0.3, -0.25) is 0 Å². The molecule has 0 aliphatic carbocycles. The number of hydrogen-bond acceptors (Lipinski definition) is 4. The average molecular weight is 250 g/mol. The molecule has 0 unspecified atom stereocenters. The van der Waals surface area contributed by atoms with Crippen LogP contribution in [0.5, 0.6) is 0 Å². The Balaban J connectivity index is 1.90. The molecule has 0 aliphatic heterocycles. The lowest BCUT2D eigenvalue weighted by atomic mass is 10.2. The van der Waals surface area contributed by atoms with Crippen molar-refractivity contribution in [1.29, 1.82) is 0 Å². The first-order chi connectivity index (χ1) is 8.19. The van der Waals surface area contributed by atoms with E-state index >= 15 is 0 Å². The molecule has 1 N–H and O–H groups in total. The smallest absolute Gasteiger partial charge is 0.120 e.